The summed E-state index contributed by atoms with van der Waals surface area (Å²) in [6.07, 6.45) is 1.63. The van der Waals surface area contributed by atoms with Crippen molar-refractivity contribution in [3.05, 3.63) is 42.2 Å². The van der Waals surface area contributed by atoms with Gasteiger partial charge < -0.3 is 10.8 Å². The number of fused-ring (bicyclic) bond motifs is 1. The molecule has 1 heterocycles. The molecule has 0 aliphatic rings. The third-order valence-electron chi connectivity index (χ3n) is 2.24. The van der Waals surface area contributed by atoms with Gasteiger partial charge in [-0.1, -0.05) is 24.3 Å². The Morgan fingerprint density at radius 1 is 1.33 bits per heavy atom. The topological polar surface area (TPSA) is 76.2 Å². The van der Waals surface area contributed by atoms with Gasteiger partial charge >= 0.3 is 5.97 Å². The molecule has 0 bridgehead atoms. The number of nitrogens with two attached hydrogens (primary N) is 1. The van der Waals surface area contributed by atoms with Crippen molar-refractivity contribution in [3.63, 3.8) is 0 Å². The van der Waals surface area contributed by atoms with E-state index in [4.69, 9.17) is 10.8 Å². The molecule has 0 spiro atoms. The second kappa shape index (κ2) is 3.67. The molecule has 1 unspecified atom stereocenters. The molecule has 0 radical (unpaired) electrons. The van der Waals surface area contributed by atoms with Crippen LogP contribution in [0.1, 0.15) is 11.7 Å². The summed E-state index contributed by atoms with van der Waals surface area (Å²) in [5.74, 6) is -1.07. The maximum Gasteiger partial charge on any atom is 0.326 e. The Kier molecular flexibility index (Phi) is 2.35. The van der Waals surface area contributed by atoms with Crippen LogP contribution in [-0.2, 0) is 4.79 Å². The van der Waals surface area contributed by atoms with E-state index in [2.05, 4.69) is 4.98 Å². The number of carbonyl (C=O) groups is 1. The first-order valence-electron chi connectivity index (χ1n) is 4.51. The molecule has 3 N–H and O–H groups in total. The highest BCUT2D eigenvalue weighted by atomic mass is 16.4. The highest BCUT2D eigenvalue weighted by Gasteiger charge is 2.15. The van der Waals surface area contributed by atoms with Crippen LogP contribution in [-0.4, -0.2) is 16.1 Å². The van der Waals surface area contributed by atoms with E-state index < -0.39 is 12.0 Å². The van der Waals surface area contributed by atoms with Crippen LogP contribution in [0.3, 0.4) is 0 Å². The Labute approximate surface area is 86.4 Å². The number of aromatic nitrogens is 1. The molecule has 0 saturated carbocycles. The zero-order valence-corrected chi connectivity index (χ0v) is 7.92. The van der Waals surface area contributed by atoms with Crippen LogP contribution in [0.2, 0.25) is 0 Å². The highest BCUT2D eigenvalue weighted by molar-refractivity contribution is 5.83. The van der Waals surface area contributed by atoms with Gasteiger partial charge in [-0.15, -0.1) is 0 Å². The molecular weight excluding hydrogens is 192 g/mol. The fourth-order valence-corrected chi connectivity index (χ4v) is 1.40. The van der Waals surface area contributed by atoms with Gasteiger partial charge in [0.1, 0.15) is 6.04 Å². The number of nitrogens with zero attached hydrogens (tertiary/aromatic N) is 1. The number of aliphatic carboxylic acids is 1. The van der Waals surface area contributed by atoms with E-state index in [1.54, 1.807) is 12.3 Å². The van der Waals surface area contributed by atoms with Crippen molar-refractivity contribution in [1.82, 2.24) is 4.98 Å². The lowest BCUT2D eigenvalue weighted by molar-refractivity contribution is -0.138. The second-order valence-electron chi connectivity index (χ2n) is 3.27. The van der Waals surface area contributed by atoms with Crippen LogP contribution in [0.4, 0.5) is 0 Å². The number of carboxylic acids is 1. The number of hydrogen-bond acceptors (Lipinski definition) is 3. The van der Waals surface area contributed by atoms with Gasteiger partial charge in [-0.2, -0.15) is 0 Å². The normalized spacial score (nSPS) is 12.6. The van der Waals surface area contributed by atoms with Gasteiger partial charge in [-0.3, -0.25) is 9.78 Å². The molecule has 0 saturated heterocycles. The highest BCUT2D eigenvalue weighted by Crippen LogP contribution is 2.16. The minimum absolute atomic E-state index is 0.376. The third-order valence-corrected chi connectivity index (χ3v) is 2.24. The summed E-state index contributed by atoms with van der Waals surface area (Å²) in [6.45, 7) is 0. The molecule has 1 aromatic heterocycles. The molecule has 0 fully saturated rings. The van der Waals surface area contributed by atoms with Crippen molar-refractivity contribution in [2.24, 2.45) is 5.73 Å². The molecule has 76 valence electrons. The lowest BCUT2D eigenvalue weighted by Crippen LogP contribution is -2.21. The lowest BCUT2D eigenvalue weighted by atomic mass is 10.1. The summed E-state index contributed by atoms with van der Waals surface area (Å²) in [7, 11) is 0. The van der Waals surface area contributed by atoms with Crippen LogP contribution >= 0.6 is 0 Å². The average Bonchev–Trinajstić information content (AvgIpc) is 2.27. The molecular formula is C11H10N2O2. The minimum atomic E-state index is -1.07. The van der Waals surface area contributed by atoms with Crippen molar-refractivity contribution >= 4 is 16.7 Å². The fourth-order valence-electron chi connectivity index (χ4n) is 1.40. The Bertz CT molecular complexity index is 511. The van der Waals surface area contributed by atoms with Gasteiger partial charge in [0.25, 0.3) is 0 Å². The molecule has 0 amide bonds. The van der Waals surface area contributed by atoms with Crippen molar-refractivity contribution in [2.45, 2.75) is 6.04 Å². The Hall–Kier alpha value is -1.94. The average molecular weight is 202 g/mol. The minimum Gasteiger partial charge on any atom is -0.480 e. The lowest BCUT2D eigenvalue weighted by Gasteiger charge is -2.06. The summed E-state index contributed by atoms with van der Waals surface area (Å²) in [5.41, 5.74) is 5.84. The number of rotatable bonds is 2. The number of pyridine rings is 1. The summed E-state index contributed by atoms with van der Waals surface area (Å²) < 4.78 is 0. The number of hydrogen-bond donors (Lipinski definition) is 2. The summed E-state index contributed by atoms with van der Waals surface area (Å²) in [4.78, 5) is 14.7. The largest absolute Gasteiger partial charge is 0.480 e. The quantitative estimate of drug-likeness (QED) is 0.770. The van der Waals surface area contributed by atoms with Crippen LogP contribution in [0, 0.1) is 0 Å². The fraction of sp³-hybridized carbons (Fsp3) is 0.0909. The summed E-state index contributed by atoms with van der Waals surface area (Å²) in [6, 6.07) is 8.25. The molecule has 2 rings (SSSR count). The van der Waals surface area contributed by atoms with Crippen LogP contribution in [0.5, 0.6) is 0 Å². The molecule has 0 aliphatic heterocycles. The van der Waals surface area contributed by atoms with Crippen molar-refractivity contribution in [3.8, 4) is 0 Å². The second-order valence-corrected chi connectivity index (χ2v) is 3.27. The van der Waals surface area contributed by atoms with E-state index in [0.29, 0.717) is 5.69 Å². The SMILES string of the molecule is NC(C(=O)O)c1cc2ccccc2cn1. The van der Waals surface area contributed by atoms with Gasteiger partial charge in [-0.05, 0) is 11.5 Å². The molecule has 4 nitrogen and oxygen atoms in total. The monoisotopic (exact) mass is 202 g/mol. The van der Waals surface area contributed by atoms with Gasteiger partial charge in [0, 0.05) is 11.6 Å². The predicted octanol–water partition coefficient (Wildman–Crippen LogP) is 1.32. The van der Waals surface area contributed by atoms with Gasteiger partial charge in [0.2, 0.25) is 0 Å². The summed E-state index contributed by atoms with van der Waals surface area (Å²) >= 11 is 0. The predicted molar refractivity (Wildman–Crippen MR) is 56.3 cm³/mol. The van der Waals surface area contributed by atoms with E-state index in [1.165, 1.54) is 0 Å². The Balaban J connectivity index is 2.51. The Morgan fingerprint density at radius 3 is 2.67 bits per heavy atom. The maximum absolute atomic E-state index is 10.7. The Morgan fingerprint density at radius 2 is 2.00 bits per heavy atom. The number of benzene rings is 1. The van der Waals surface area contributed by atoms with Gasteiger partial charge in [0.05, 0.1) is 5.69 Å². The summed E-state index contributed by atoms with van der Waals surface area (Å²) in [5, 5.41) is 10.7. The van der Waals surface area contributed by atoms with E-state index in [0.717, 1.165) is 10.8 Å². The standard InChI is InChI=1S/C11H10N2O2/c12-10(11(14)15)9-5-7-3-1-2-4-8(7)6-13-9/h1-6,10H,12H2,(H,14,15). The molecule has 0 aliphatic carbocycles. The van der Waals surface area contributed by atoms with E-state index >= 15 is 0 Å². The molecule has 4 heteroatoms. The molecule has 1 atom stereocenters. The maximum atomic E-state index is 10.7. The van der Waals surface area contributed by atoms with Gasteiger partial charge in [-0.25, -0.2) is 0 Å². The zero-order valence-electron chi connectivity index (χ0n) is 7.92. The van der Waals surface area contributed by atoms with E-state index in [-0.39, 0.29) is 0 Å². The molecule has 15 heavy (non-hydrogen) atoms. The van der Waals surface area contributed by atoms with Crippen LogP contribution in [0.15, 0.2) is 36.5 Å². The smallest absolute Gasteiger partial charge is 0.326 e. The first-order chi connectivity index (χ1) is 7.18. The molecule has 2 aromatic rings. The van der Waals surface area contributed by atoms with Crippen LogP contribution < -0.4 is 5.73 Å². The van der Waals surface area contributed by atoms with Crippen molar-refractivity contribution in [1.29, 1.82) is 0 Å². The van der Waals surface area contributed by atoms with Gasteiger partial charge in [0.15, 0.2) is 0 Å². The first kappa shape index (κ1) is 9.61. The van der Waals surface area contributed by atoms with Crippen molar-refractivity contribution in [2.75, 3.05) is 0 Å². The third kappa shape index (κ3) is 1.80. The van der Waals surface area contributed by atoms with E-state index in [1.807, 2.05) is 24.3 Å². The first-order valence-corrected chi connectivity index (χ1v) is 4.51. The molecule has 1 aromatic carbocycles. The van der Waals surface area contributed by atoms with Crippen LogP contribution in [0.25, 0.3) is 10.8 Å². The number of carboxylic acid groups (broad SMARTS) is 1. The van der Waals surface area contributed by atoms with E-state index in [9.17, 15) is 4.79 Å². The zero-order chi connectivity index (χ0) is 10.8. The van der Waals surface area contributed by atoms with Crippen molar-refractivity contribution < 1.29 is 9.90 Å².